The first-order valence-electron chi connectivity index (χ1n) is 5.25. The number of β-amino-alcohol motifs (C(OH)–C–C–N with tert-alkyl or cyclic N) is 1. The van der Waals surface area contributed by atoms with E-state index in [1.807, 2.05) is 0 Å². The van der Waals surface area contributed by atoms with Gasteiger partial charge in [-0.1, -0.05) is 17.7 Å². The molecule has 7 heteroatoms. The molecule has 0 aliphatic carbocycles. The molecule has 1 saturated heterocycles. The van der Waals surface area contributed by atoms with Gasteiger partial charge in [0.25, 0.3) is 0 Å². The van der Waals surface area contributed by atoms with Crippen LogP contribution >= 0.6 is 11.6 Å². The highest BCUT2D eigenvalue weighted by Gasteiger charge is 2.35. The van der Waals surface area contributed by atoms with Gasteiger partial charge in [-0.15, -0.1) is 13.2 Å². The molecule has 0 radical (unpaired) electrons. The van der Waals surface area contributed by atoms with Crippen LogP contribution in [0.4, 0.5) is 13.2 Å². The van der Waals surface area contributed by atoms with E-state index in [4.69, 9.17) is 11.6 Å². The van der Waals surface area contributed by atoms with Crippen molar-refractivity contribution in [3.63, 3.8) is 0 Å². The van der Waals surface area contributed by atoms with Crippen molar-refractivity contribution in [3.05, 3.63) is 28.8 Å². The Hall–Kier alpha value is -0.980. The molecule has 0 unspecified atom stereocenters. The van der Waals surface area contributed by atoms with Crippen LogP contribution in [0.5, 0.6) is 5.75 Å². The summed E-state index contributed by atoms with van der Waals surface area (Å²) in [7, 11) is 0. The zero-order valence-corrected chi connectivity index (χ0v) is 9.98. The average Bonchev–Trinajstić information content (AvgIpc) is 2.18. The minimum Gasteiger partial charge on any atom is -0.404 e. The summed E-state index contributed by atoms with van der Waals surface area (Å²) in [5, 5.41) is 12.7. The predicted octanol–water partition coefficient (Wildman–Crippen LogP) is 2.12. The van der Waals surface area contributed by atoms with Crippen molar-refractivity contribution in [2.24, 2.45) is 0 Å². The Bertz CT molecular complexity index is 446. The Kier molecular flexibility index (Phi) is 3.44. The standard InChI is InChI=1S/C11H11ClF3NO2/c12-8-3-7(4-10(17)5-16-6-10)1-2-9(8)18-11(13,14)15/h1-3,16-17H,4-6H2. The number of hydrogen-bond acceptors (Lipinski definition) is 3. The maximum Gasteiger partial charge on any atom is 0.573 e. The number of aliphatic hydroxyl groups is 1. The van der Waals surface area contributed by atoms with Crippen molar-refractivity contribution in [3.8, 4) is 5.75 Å². The lowest BCUT2D eigenvalue weighted by Crippen LogP contribution is -2.60. The number of nitrogens with one attached hydrogen (secondary N) is 1. The van der Waals surface area contributed by atoms with Crippen LogP contribution < -0.4 is 10.1 Å². The van der Waals surface area contributed by atoms with Gasteiger partial charge in [0.05, 0.1) is 10.6 Å². The van der Waals surface area contributed by atoms with E-state index in [2.05, 4.69) is 10.1 Å². The van der Waals surface area contributed by atoms with Gasteiger partial charge in [-0.3, -0.25) is 0 Å². The van der Waals surface area contributed by atoms with Gasteiger partial charge in [-0.05, 0) is 17.7 Å². The van der Waals surface area contributed by atoms with Gasteiger partial charge < -0.3 is 15.2 Å². The largest absolute Gasteiger partial charge is 0.573 e. The fraction of sp³-hybridized carbons (Fsp3) is 0.455. The highest BCUT2D eigenvalue weighted by molar-refractivity contribution is 6.32. The summed E-state index contributed by atoms with van der Waals surface area (Å²) in [6.45, 7) is 0.927. The SMILES string of the molecule is OC1(Cc2ccc(OC(F)(F)F)c(Cl)c2)CNC1. The molecule has 2 N–H and O–H groups in total. The molecule has 1 aliphatic heterocycles. The van der Waals surface area contributed by atoms with E-state index in [1.165, 1.54) is 12.1 Å². The lowest BCUT2D eigenvalue weighted by atomic mass is 9.89. The van der Waals surface area contributed by atoms with Crippen LogP contribution in [0.2, 0.25) is 5.02 Å². The summed E-state index contributed by atoms with van der Waals surface area (Å²) in [5.41, 5.74) is -0.172. The Morgan fingerprint density at radius 1 is 1.39 bits per heavy atom. The second-order valence-corrected chi connectivity index (χ2v) is 4.72. The van der Waals surface area contributed by atoms with Crippen LogP contribution in [-0.4, -0.2) is 30.2 Å². The van der Waals surface area contributed by atoms with Crippen molar-refractivity contribution in [2.75, 3.05) is 13.1 Å². The van der Waals surface area contributed by atoms with Gasteiger partial charge >= 0.3 is 6.36 Å². The van der Waals surface area contributed by atoms with E-state index >= 15 is 0 Å². The van der Waals surface area contributed by atoms with Gasteiger partial charge in [0, 0.05) is 19.5 Å². The number of benzene rings is 1. The van der Waals surface area contributed by atoms with E-state index in [0.717, 1.165) is 6.07 Å². The second-order valence-electron chi connectivity index (χ2n) is 4.32. The number of halogens is 4. The Labute approximate surface area is 107 Å². The van der Waals surface area contributed by atoms with Crippen LogP contribution in [0, 0.1) is 0 Å². The van der Waals surface area contributed by atoms with E-state index < -0.39 is 17.7 Å². The highest BCUT2D eigenvalue weighted by atomic mass is 35.5. The summed E-state index contributed by atoms with van der Waals surface area (Å²) in [4.78, 5) is 0. The summed E-state index contributed by atoms with van der Waals surface area (Å²) in [5.74, 6) is -0.438. The zero-order chi connectivity index (χ0) is 13.4. The van der Waals surface area contributed by atoms with Crippen LogP contribution in [0.25, 0.3) is 0 Å². The molecule has 18 heavy (non-hydrogen) atoms. The van der Waals surface area contributed by atoms with Gasteiger partial charge in [0.2, 0.25) is 0 Å². The molecule has 0 aromatic heterocycles. The molecule has 100 valence electrons. The zero-order valence-electron chi connectivity index (χ0n) is 9.22. The lowest BCUT2D eigenvalue weighted by Gasteiger charge is -2.37. The van der Waals surface area contributed by atoms with Gasteiger partial charge in [0.1, 0.15) is 5.75 Å². The van der Waals surface area contributed by atoms with Crippen LogP contribution in [0.15, 0.2) is 18.2 Å². The highest BCUT2D eigenvalue weighted by Crippen LogP contribution is 2.31. The van der Waals surface area contributed by atoms with Crippen molar-refractivity contribution in [1.82, 2.24) is 5.32 Å². The summed E-state index contributed by atoms with van der Waals surface area (Å²) < 4.78 is 39.8. The van der Waals surface area contributed by atoms with E-state index in [0.29, 0.717) is 25.1 Å². The average molecular weight is 282 g/mol. The molecule has 0 atom stereocenters. The Morgan fingerprint density at radius 2 is 2.06 bits per heavy atom. The van der Waals surface area contributed by atoms with Crippen molar-refractivity contribution in [1.29, 1.82) is 0 Å². The van der Waals surface area contributed by atoms with Gasteiger partial charge in [-0.25, -0.2) is 0 Å². The third-order valence-corrected chi connectivity index (χ3v) is 2.96. The molecule has 0 spiro atoms. The quantitative estimate of drug-likeness (QED) is 0.892. The van der Waals surface area contributed by atoms with Crippen LogP contribution in [-0.2, 0) is 6.42 Å². The number of ether oxygens (including phenoxy) is 1. The van der Waals surface area contributed by atoms with Crippen LogP contribution in [0.1, 0.15) is 5.56 Å². The van der Waals surface area contributed by atoms with E-state index in [-0.39, 0.29) is 5.02 Å². The molecule has 1 aromatic rings. The monoisotopic (exact) mass is 281 g/mol. The Morgan fingerprint density at radius 3 is 2.50 bits per heavy atom. The van der Waals surface area contributed by atoms with Crippen LogP contribution in [0.3, 0.4) is 0 Å². The van der Waals surface area contributed by atoms with E-state index in [1.54, 1.807) is 0 Å². The number of hydrogen-bond donors (Lipinski definition) is 2. The maximum absolute atomic E-state index is 12.0. The van der Waals surface area contributed by atoms with Crippen molar-refractivity contribution in [2.45, 2.75) is 18.4 Å². The second kappa shape index (κ2) is 4.60. The molecule has 1 fully saturated rings. The van der Waals surface area contributed by atoms with Crippen molar-refractivity contribution < 1.29 is 23.0 Å². The number of rotatable bonds is 3. The first-order chi connectivity index (χ1) is 8.27. The topological polar surface area (TPSA) is 41.5 Å². The first-order valence-corrected chi connectivity index (χ1v) is 5.63. The van der Waals surface area contributed by atoms with E-state index in [9.17, 15) is 18.3 Å². The maximum atomic E-state index is 12.0. The summed E-state index contributed by atoms with van der Waals surface area (Å²) in [6.07, 6.45) is -4.42. The molecule has 1 aromatic carbocycles. The normalized spacial score (nSPS) is 18.3. The van der Waals surface area contributed by atoms with Gasteiger partial charge in [0.15, 0.2) is 0 Å². The first kappa shape index (κ1) is 13.5. The molecule has 0 bridgehead atoms. The number of alkyl halides is 3. The molecule has 2 rings (SSSR count). The molecule has 1 aliphatic rings. The van der Waals surface area contributed by atoms with Gasteiger partial charge in [-0.2, -0.15) is 0 Å². The minimum absolute atomic E-state index is 0.124. The molecule has 0 amide bonds. The minimum atomic E-state index is -4.76. The predicted molar refractivity (Wildman–Crippen MR) is 59.7 cm³/mol. The summed E-state index contributed by atoms with van der Waals surface area (Å²) >= 11 is 5.70. The molecule has 0 saturated carbocycles. The molecule has 3 nitrogen and oxygen atoms in total. The molecular weight excluding hydrogens is 271 g/mol. The molecule has 1 heterocycles. The summed E-state index contributed by atoms with van der Waals surface area (Å²) in [6, 6.07) is 3.99. The third kappa shape index (κ3) is 3.28. The lowest BCUT2D eigenvalue weighted by molar-refractivity contribution is -0.274. The fourth-order valence-corrected chi connectivity index (χ4v) is 2.02. The van der Waals surface area contributed by atoms with Crippen molar-refractivity contribution >= 4 is 11.6 Å². The fourth-order valence-electron chi connectivity index (χ4n) is 1.78. The smallest absolute Gasteiger partial charge is 0.404 e. The third-order valence-electron chi connectivity index (χ3n) is 2.66. The Balaban J connectivity index is 2.09. The molecular formula is C11H11ClF3NO2.